The van der Waals surface area contributed by atoms with E-state index in [4.69, 9.17) is 35.2 Å². The Morgan fingerprint density at radius 3 is 1.73 bits per heavy atom. The van der Waals surface area contributed by atoms with Crippen molar-refractivity contribution in [2.75, 3.05) is 47.1 Å². The van der Waals surface area contributed by atoms with E-state index in [9.17, 15) is 34.8 Å². The maximum absolute atomic E-state index is 12.3. The summed E-state index contributed by atoms with van der Waals surface area (Å²) < 4.78 is 29.4. The predicted molar refractivity (Wildman–Crippen MR) is 222 cm³/mol. The van der Waals surface area contributed by atoms with Gasteiger partial charge in [0.1, 0.15) is 72.6 Å². The number of amides is 3. The highest BCUT2D eigenvalue weighted by atomic mass is 16.5. The highest BCUT2D eigenvalue weighted by Crippen LogP contribution is 2.25. The predicted octanol–water partition coefficient (Wildman–Crippen LogP) is 1.88. The summed E-state index contributed by atoms with van der Waals surface area (Å²) in [5.41, 5.74) is 12.0. The van der Waals surface area contributed by atoms with Crippen LogP contribution >= 0.6 is 0 Å². The van der Waals surface area contributed by atoms with E-state index in [2.05, 4.69) is 16.0 Å². The summed E-state index contributed by atoms with van der Waals surface area (Å²) in [6, 6.07) is 19.9. The van der Waals surface area contributed by atoms with Gasteiger partial charge in [-0.2, -0.15) is 0 Å². The molecule has 0 fully saturated rings. The monoisotopic (exact) mass is 833 g/mol. The molecule has 17 nitrogen and oxygen atoms in total. The van der Waals surface area contributed by atoms with Gasteiger partial charge in [0, 0.05) is 38.3 Å². The molecular formula is C43H55N5O12. The van der Waals surface area contributed by atoms with Gasteiger partial charge in [-0.1, -0.05) is 12.1 Å². The Balaban J connectivity index is 1.58. The van der Waals surface area contributed by atoms with Crippen LogP contribution < -0.4 is 46.4 Å². The second kappa shape index (κ2) is 22.9. The molecule has 60 heavy (non-hydrogen) atoms. The fourth-order valence-electron chi connectivity index (χ4n) is 5.98. The van der Waals surface area contributed by atoms with E-state index in [1.165, 1.54) is 43.4 Å². The number of carbonyl (C=O) groups excluding carboxylic acids is 3. The van der Waals surface area contributed by atoms with Crippen molar-refractivity contribution in [3.05, 3.63) is 107 Å². The van der Waals surface area contributed by atoms with Gasteiger partial charge in [-0.05, 0) is 98.6 Å². The smallest absolute Gasteiger partial charge is 0.252 e. The fourth-order valence-corrected chi connectivity index (χ4v) is 5.98. The zero-order valence-corrected chi connectivity index (χ0v) is 34.0. The molecule has 0 radical (unpaired) electrons. The third kappa shape index (κ3) is 14.0. The molecule has 0 bridgehead atoms. The molecule has 0 spiro atoms. The van der Waals surface area contributed by atoms with E-state index >= 15 is 0 Å². The number of aliphatic hydroxyl groups is 2. The lowest BCUT2D eigenvalue weighted by Crippen LogP contribution is -2.61. The lowest BCUT2D eigenvalue weighted by molar-refractivity contribution is -0.0388. The van der Waals surface area contributed by atoms with Crippen LogP contribution in [-0.2, 0) is 11.2 Å². The molecule has 0 aliphatic rings. The number of nitrogens with two attached hydrogens (primary N) is 2. The number of benzene rings is 4. The minimum atomic E-state index is -1.30. The Labute approximate surface area is 348 Å². The zero-order valence-electron chi connectivity index (χ0n) is 34.0. The van der Waals surface area contributed by atoms with Gasteiger partial charge in [0.05, 0.1) is 23.8 Å². The molecule has 17 heteroatoms. The third-order valence-corrected chi connectivity index (χ3v) is 9.32. The summed E-state index contributed by atoms with van der Waals surface area (Å²) in [5, 5.41) is 52.8. The first kappa shape index (κ1) is 46.6. The molecule has 0 heterocycles. The SMILES string of the molecule is CNC(=O)c1ccc(OC(C(O)CNC(C)COc2ccc(O)c(C(N)=O)c2)C(NC(C)COc2ccc(O)c(C(N)=O)c2)C(O)COc2ccc(CCOC)cc2)cc1. The largest absolute Gasteiger partial charge is 0.507 e. The second-order valence-electron chi connectivity index (χ2n) is 14.1. The molecule has 0 saturated heterocycles. The Hall–Kier alpha value is -6.11. The lowest BCUT2D eigenvalue weighted by atomic mass is 9.98. The van der Waals surface area contributed by atoms with Crippen LogP contribution in [0, 0.1) is 0 Å². The van der Waals surface area contributed by atoms with Crippen LogP contribution in [0.5, 0.6) is 34.5 Å². The number of rotatable bonds is 25. The highest BCUT2D eigenvalue weighted by Gasteiger charge is 2.37. The summed E-state index contributed by atoms with van der Waals surface area (Å²) in [5.74, 6) is -1.18. The number of nitrogens with one attached hydrogen (secondary N) is 3. The first-order valence-electron chi connectivity index (χ1n) is 19.2. The Morgan fingerprint density at radius 2 is 1.20 bits per heavy atom. The quantitative estimate of drug-likeness (QED) is 0.0462. The maximum atomic E-state index is 12.3. The highest BCUT2D eigenvalue weighted by molar-refractivity contribution is 5.96. The Morgan fingerprint density at radius 1 is 0.683 bits per heavy atom. The molecule has 4 aromatic carbocycles. The van der Waals surface area contributed by atoms with Crippen molar-refractivity contribution < 1.29 is 58.5 Å². The van der Waals surface area contributed by atoms with Crippen molar-refractivity contribution in [3.8, 4) is 34.5 Å². The number of primary amides is 2. The van der Waals surface area contributed by atoms with E-state index in [0.29, 0.717) is 35.8 Å². The van der Waals surface area contributed by atoms with Gasteiger partial charge < -0.3 is 71.5 Å². The molecule has 0 aliphatic carbocycles. The van der Waals surface area contributed by atoms with E-state index in [0.717, 1.165) is 5.56 Å². The van der Waals surface area contributed by atoms with Gasteiger partial charge in [-0.3, -0.25) is 14.4 Å². The van der Waals surface area contributed by atoms with Crippen molar-refractivity contribution in [2.24, 2.45) is 11.5 Å². The van der Waals surface area contributed by atoms with Gasteiger partial charge in [0.2, 0.25) is 0 Å². The molecule has 11 N–H and O–H groups in total. The summed E-state index contributed by atoms with van der Waals surface area (Å²) in [6.07, 6.45) is -3.04. The van der Waals surface area contributed by atoms with E-state index in [-0.39, 0.29) is 66.7 Å². The van der Waals surface area contributed by atoms with Gasteiger partial charge >= 0.3 is 0 Å². The van der Waals surface area contributed by atoms with Crippen LogP contribution in [0.2, 0.25) is 0 Å². The number of aliphatic hydroxyl groups excluding tert-OH is 2. The van der Waals surface area contributed by atoms with Crippen molar-refractivity contribution in [3.63, 3.8) is 0 Å². The number of phenols is 2. The Kier molecular flexibility index (Phi) is 17.8. The van der Waals surface area contributed by atoms with Crippen LogP contribution in [-0.4, -0.2) is 122 Å². The van der Waals surface area contributed by atoms with Gasteiger partial charge in [0.25, 0.3) is 17.7 Å². The molecule has 3 amide bonds. The molecule has 6 unspecified atom stereocenters. The summed E-state index contributed by atoms with van der Waals surface area (Å²) in [7, 11) is 3.14. The first-order chi connectivity index (χ1) is 28.7. The summed E-state index contributed by atoms with van der Waals surface area (Å²) in [4.78, 5) is 35.8. The van der Waals surface area contributed by atoms with E-state index in [1.807, 2.05) is 12.1 Å². The number of aromatic hydroxyl groups is 2. The van der Waals surface area contributed by atoms with Gasteiger partial charge in [0.15, 0.2) is 0 Å². The number of ether oxygens (including phenoxy) is 5. The van der Waals surface area contributed by atoms with Gasteiger partial charge in [-0.25, -0.2) is 0 Å². The molecule has 0 aliphatic heterocycles. The third-order valence-electron chi connectivity index (χ3n) is 9.32. The number of hydrogen-bond donors (Lipinski definition) is 9. The fraction of sp³-hybridized carbons (Fsp3) is 0.372. The number of methoxy groups -OCH3 is 1. The first-order valence-corrected chi connectivity index (χ1v) is 19.2. The van der Waals surface area contributed by atoms with Crippen molar-refractivity contribution >= 4 is 17.7 Å². The maximum Gasteiger partial charge on any atom is 0.252 e. The van der Waals surface area contributed by atoms with Crippen LogP contribution in [0.3, 0.4) is 0 Å². The number of carbonyl (C=O) groups is 3. The van der Waals surface area contributed by atoms with Crippen LogP contribution in [0.15, 0.2) is 84.9 Å². The standard InChI is InChI=1S/C43H55N5O12/c1-25(22-57-31-13-15-35(49)33(19-31)41(44)53)47-21-37(51)40(60-30-11-7-28(8-12-30)43(55)46-3)39(38(52)24-59-29-9-5-27(6-10-29)17-18-56-4)48-26(2)23-58-32-14-16-36(50)34(20-32)42(45)54/h5-16,19-20,25-26,37-40,47-52H,17-18,21-24H2,1-4H3,(H2,44,53)(H2,45,54)(H,46,55). The lowest BCUT2D eigenvalue weighted by Gasteiger charge is -2.37. The van der Waals surface area contributed by atoms with Gasteiger partial charge in [-0.15, -0.1) is 0 Å². The van der Waals surface area contributed by atoms with Crippen molar-refractivity contribution in [1.82, 2.24) is 16.0 Å². The Bertz CT molecular complexity index is 2000. The summed E-state index contributed by atoms with van der Waals surface area (Å²) >= 11 is 0. The zero-order chi connectivity index (χ0) is 43.8. The normalized spacial score (nSPS) is 14.2. The van der Waals surface area contributed by atoms with Crippen LogP contribution in [0.4, 0.5) is 0 Å². The van der Waals surface area contributed by atoms with Crippen molar-refractivity contribution in [1.29, 1.82) is 0 Å². The molecule has 4 rings (SSSR count). The molecule has 6 atom stereocenters. The average molecular weight is 834 g/mol. The molecule has 0 aromatic heterocycles. The van der Waals surface area contributed by atoms with Crippen LogP contribution in [0.25, 0.3) is 0 Å². The van der Waals surface area contributed by atoms with Crippen molar-refractivity contribution in [2.45, 2.75) is 56.7 Å². The molecule has 0 saturated carbocycles. The van der Waals surface area contributed by atoms with E-state index in [1.54, 1.807) is 57.4 Å². The second-order valence-corrected chi connectivity index (χ2v) is 14.1. The van der Waals surface area contributed by atoms with E-state index < -0.39 is 42.2 Å². The van der Waals surface area contributed by atoms with Crippen LogP contribution in [0.1, 0.15) is 50.5 Å². The molecule has 324 valence electrons. The topological polar surface area (TPSA) is 266 Å². The molecule has 4 aromatic rings. The summed E-state index contributed by atoms with van der Waals surface area (Å²) in [6.45, 7) is 3.96. The minimum absolute atomic E-state index is 0.000976. The number of hydrogen-bond acceptors (Lipinski definition) is 14. The molecular weight excluding hydrogens is 778 g/mol. The average Bonchev–Trinajstić information content (AvgIpc) is 3.24. The minimum Gasteiger partial charge on any atom is -0.507 e.